The minimum atomic E-state index is -0.166. The van der Waals surface area contributed by atoms with Crippen molar-refractivity contribution in [2.24, 2.45) is 0 Å². The Morgan fingerprint density at radius 3 is 2.60 bits per heavy atom. The largest absolute Gasteiger partial charge is 0.484 e. The van der Waals surface area contributed by atoms with Crippen LogP contribution in [0.5, 0.6) is 5.75 Å². The van der Waals surface area contributed by atoms with Gasteiger partial charge in [0.05, 0.1) is 13.2 Å². The molecule has 0 atom stereocenters. The summed E-state index contributed by atoms with van der Waals surface area (Å²) in [5, 5.41) is 2.91. The van der Waals surface area contributed by atoms with Gasteiger partial charge in [0.25, 0.3) is 5.91 Å². The summed E-state index contributed by atoms with van der Waals surface area (Å²) in [5.41, 5.74) is 3.01. The first-order valence-corrected chi connectivity index (χ1v) is 9.31. The van der Waals surface area contributed by atoms with Crippen molar-refractivity contribution in [1.29, 1.82) is 0 Å². The van der Waals surface area contributed by atoms with E-state index in [0.29, 0.717) is 5.75 Å². The highest BCUT2D eigenvalue weighted by molar-refractivity contribution is 14.1. The highest BCUT2D eigenvalue weighted by Gasteiger charge is 2.13. The molecule has 1 fully saturated rings. The van der Waals surface area contributed by atoms with Gasteiger partial charge in [-0.1, -0.05) is 0 Å². The molecule has 1 heterocycles. The van der Waals surface area contributed by atoms with Crippen molar-refractivity contribution in [2.75, 3.05) is 43.1 Å². The minimum absolute atomic E-state index is 0.00868. The zero-order valence-corrected chi connectivity index (χ0v) is 16.3. The number of aryl methyl sites for hydroxylation is 1. The summed E-state index contributed by atoms with van der Waals surface area (Å²) in [5.74, 6) is 0.524. The fraction of sp³-hybridized carbons (Fsp3) is 0.316. The van der Waals surface area contributed by atoms with Gasteiger partial charge in [0.15, 0.2) is 6.61 Å². The highest BCUT2D eigenvalue weighted by atomic mass is 127. The van der Waals surface area contributed by atoms with Crippen LogP contribution in [0.2, 0.25) is 0 Å². The number of carbonyl (C=O) groups is 1. The van der Waals surface area contributed by atoms with Gasteiger partial charge in [0.2, 0.25) is 0 Å². The summed E-state index contributed by atoms with van der Waals surface area (Å²) in [6.07, 6.45) is 0. The average Bonchev–Trinajstić information content (AvgIpc) is 2.64. The molecule has 0 bridgehead atoms. The summed E-state index contributed by atoms with van der Waals surface area (Å²) in [6, 6.07) is 13.7. The lowest BCUT2D eigenvalue weighted by Crippen LogP contribution is -2.36. The Kier molecular flexibility index (Phi) is 6.14. The lowest BCUT2D eigenvalue weighted by Gasteiger charge is -2.29. The average molecular weight is 452 g/mol. The number of ether oxygens (including phenoxy) is 2. The van der Waals surface area contributed by atoms with Crippen LogP contribution in [0.1, 0.15) is 5.56 Å². The van der Waals surface area contributed by atoms with Gasteiger partial charge in [-0.25, -0.2) is 0 Å². The van der Waals surface area contributed by atoms with Crippen molar-refractivity contribution >= 4 is 39.9 Å². The van der Waals surface area contributed by atoms with Crippen molar-refractivity contribution in [3.05, 3.63) is 51.6 Å². The van der Waals surface area contributed by atoms with Crippen molar-refractivity contribution < 1.29 is 14.3 Å². The molecule has 1 N–H and O–H groups in total. The fourth-order valence-corrected chi connectivity index (χ4v) is 3.03. The molecule has 2 aromatic rings. The van der Waals surface area contributed by atoms with Crippen LogP contribution < -0.4 is 15.0 Å². The van der Waals surface area contributed by atoms with Crippen LogP contribution in [0.15, 0.2) is 42.5 Å². The SMILES string of the molecule is Cc1cc(N2CCOCC2)ccc1NC(=O)COc1ccc(I)cc1. The van der Waals surface area contributed by atoms with Crippen LogP contribution in [0, 0.1) is 10.5 Å². The second kappa shape index (κ2) is 8.53. The second-order valence-electron chi connectivity index (χ2n) is 5.89. The molecule has 5 nitrogen and oxygen atoms in total. The van der Waals surface area contributed by atoms with E-state index in [1.807, 2.05) is 43.3 Å². The Morgan fingerprint density at radius 2 is 1.92 bits per heavy atom. The van der Waals surface area contributed by atoms with E-state index in [-0.39, 0.29) is 12.5 Å². The first-order valence-electron chi connectivity index (χ1n) is 8.23. The molecule has 2 aromatic carbocycles. The summed E-state index contributed by atoms with van der Waals surface area (Å²) in [4.78, 5) is 14.4. The summed E-state index contributed by atoms with van der Waals surface area (Å²) in [6.45, 7) is 5.30. The zero-order valence-electron chi connectivity index (χ0n) is 14.1. The number of benzene rings is 2. The maximum absolute atomic E-state index is 12.1. The van der Waals surface area contributed by atoms with E-state index in [9.17, 15) is 4.79 Å². The number of morpholine rings is 1. The molecule has 1 aliphatic heterocycles. The van der Waals surface area contributed by atoms with Crippen molar-refractivity contribution in [3.63, 3.8) is 0 Å². The number of amides is 1. The molecule has 0 aromatic heterocycles. The van der Waals surface area contributed by atoms with Crippen LogP contribution >= 0.6 is 22.6 Å². The molecule has 0 saturated carbocycles. The molecule has 3 rings (SSSR count). The molecular weight excluding hydrogens is 431 g/mol. The number of nitrogens with zero attached hydrogens (tertiary/aromatic N) is 1. The van der Waals surface area contributed by atoms with Gasteiger partial charge in [-0.3, -0.25) is 4.79 Å². The number of hydrogen-bond acceptors (Lipinski definition) is 4. The normalized spacial score (nSPS) is 14.2. The van der Waals surface area contributed by atoms with Crippen molar-refractivity contribution in [2.45, 2.75) is 6.92 Å². The lowest BCUT2D eigenvalue weighted by molar-refractivity contribution is -0.118. The standard InChI is InChI=1S/C19H21IN2O3/c1-14-12-16(22-8-10-24-11-9-22)4-7-18(14)21-19(23)13-25-17-5-2-15(20)3-6-17/h2-7,12H,8-11,13H2,1H3,(H,21,23). The number of carbonyl (C=O) groups excluding carboxylic acids is 1. The monoisotopic (exact) mass is 452 g/mol. The Labute approximate surface area is 161 Å². The molecular formula is C19H21IN2O3. The third-order valence-corrected chi connectivity index (χ3v) is 4.76. The first kappa shape index (κ1) is 18.0. The topological polar surface area (TPSA) is 50.8 Å². The van der Waals surface area contributed by atoms with Crippen LogP contribution in [-0.4, -0.2) is 38.8 Å². The third-order valence-electron chi connectivity index (χ3n) is 4.04. The van der Waals surface area contributed by atoms with E-state index in [1.54, 1.807) is 0 Å². The van der Waals surface area contributed by atoms with Crippen molar-refractivity contribution in [3.8, 4) is 5.75 Å². The maximum atomic E-state index is 12.1. The van der Waals surface area contributed by atoms with Gasteiger partial charge in [0.1, 0.15) is 5.75 Å². The highest BCUT2D eigenvalue weighted by Crippen LogP contribution is 2.23. The Hall–Kier alpha value is -1.80. The molecule has 0 radical (unpaired) electrons. The van der Waals surface area contributed by atoms with Crippen LogP contribution in [-0.2, 0) is 9.53 Å². The summed E-state index contributed by atoms with van der Waals surface area (Å²) < 4.78 is 12.0. The van der Waals surface area contributed by atoms with E-state index in [4.69, 9.17) is 9.47 Å². The fourth-order valence-electron chi connectivity index (χ4n) is 2.67. The third kappa shape index (κ3) is 5.09. The number of rotatable bonds is 5. The van der Waals surface area contributed by atoms with E-state index >= 15 is 0 Å². The molecule has 1 amide bonds. The van der Waals surface area contributed by atoms with Gasteiger partial charge in [-0.05, 0) is 77.5 Å². The number of halogens is 1. The molecule has 1 aliphatic rings. The van der Waals surface area contributed by atoms with E-state index in [0.717, 1.165) is 46.8 Å². The van der Waals surface area contributed by atoms with Gasteiger partial charge in [0, 0.05) is 28.0 Å². The molecule has 1 saturated heterocycles. The maximum Gasteiger partial charge on any atom is 0.262 e. The summed E-state index contributed by atoms with van der Waals surface area (Å²) >= 11 is 2.23. The van der Waals surface area contributed by atoms with Gasteiger partial charge in [-0.15, -0.1) is 0 Å². The van der Waals surface area contributed by atoms with Gasteiger partial charge in [-0.2, -0.15) is 0 Å². The predicted molar refractivity (Wildman–Crippen MR) is 107 cm³/mol. The Bertz CT molecular complexity index is 728. The Balaban J connectivity index is 1.56. The van der Waals surface area contributed by atoms with Crippen molar-refractivity contribution in [1.82, 2.24) is 0 Å². The second-order valence-corrected chi connectivity index (χ2v) is 7.14. The molecule has 25 heavy (non-hydrogen) atoms. The number of anilines is 2. The molecule has 132 valence electrons. The van der Waals surface area contributed by atoms with Crippen LogP contribution in [0.25, 0.3) is 0 Å². The predicted octanol–water partition coefficient (Wildman–Crippen LogP) is 3.45. The smallest absolute Gasteiger partial charge is 0.262 e. The van der Waals surface area contributed by atoms with Gasteiger partial charge < -0.3 is 19.7 Å². The molecule has 6 heteroatoms. The number of nitrogens with one attached hydrogen (secondary N) is 1. The lowest BCUT2D eigenvalue weighted by atomic mass is 10.1. The van der Waals surface area contributed by atoms with E-state index < -0.39 is 0 Å². The first-order chi connectivity index (χ1) is 12.1. The van der Waals surface area contributed by atoms with E-state index in [1.165, 1.54) is 0 Å². The van der Waals surface area contributed by atoms with E-state index in [2.05, 4.69) is 38.9 Å². The van der Waals surface area contributed by atoms with Crippen LogP contribution in [0.3, 0.4) is 0 Å². The zero-order chi connectivity index (χ0) is 17.6. The molecule has 0 unspecified atom stereocenters. The quantitative estimate of drug-likeness (QED) is 0.707. The Morgan fingerprint density at radius 1 is 1.20 bits per heavy atom. The minimum Gasteiger partial charge on any atom is -0.484 e. The summed E-state index contributed by atoms with van der Waals surface area (Å²) in [7, 11) is 0. The number of hydrogen-bond donors (Lipinski definition) is 1. The van der Waals surface area contributed by atoms with Gasteiger partial charge >= 0.3 is 0 Å². The molecule has 0 spiro atoms. The molecule has 0 aliphatic carbocycles. The van der Waals surface area contributed by atoms with Crippen LogP contribution in [0.4, 0.5) is 11.4 Å².